The average molecular weight is 473 g/mol. The lowest BCUT2D eigenvalue weighted by Gasteiger charge is -2.16. The van der Waals surface area contributed by atoms with E-state index < -0.39 is 5.82 Å². The minimum absolute atomic E-state index is 0.0464. The highest BCUT2D eigenvalue weighted by Crippen LogP contribution is 2.42. The van der Waals surface area contributed by atoms with Gasteiger partial charge in [-0.05, 0) is 37.1 Å². The maximum Gasteiger partial charge on any atom is 0.233 e. The highest BCUT2D eigenvalue weighted by atomic mass is 32.2. The van der Waals surface area contributed by atoms with E-state index in [9.17, 15) is 9.18 Å². The molecule has 1 atom stereocenters. The molecule has 10 heteroatoms. The van der Waals surface area contributed by atoms with Gasteiger partial charge in [0.25, 0.3) is 0 Å². The van der Waals surface area contributed by atoms with Crippen LogP contribution < -0.4 is 19.5 Å². The van der Waals surface area contributed by atoms with E-state index in [0.29, 0.717) is 46.8 Å². The van der Waals surface area contributed by atoms with Crippen LogP contribution in [0.15, 0.2) is 41.6 Å². The van der Waals surface area contributed by atoms with E-state index in [0.717, 1.165) is 12.8 Å². The number of amides is 1. The zero-order valence-corrected chi connectivity index (χ0v) is 19.4. The Hall–Kier alpha value is -3.27. The molecule has 3 aromatic rings. The molecule has 0 saturated carbocycles. The fourth-order valence-corrected chi connectivity index (χ4v) is 4.85. The van der Waals surface area contributed by atoms with Crippen molar-refractivity contribution in [3.8, 4) is 34.3 Å². The molecule has 174 valence electrons. The predicted octanol–water partition coefficient (Wildman–Crippen LogP) is 3.86. The molecule has 0 aliphatic carbocycles. The van der Waals surface area contributed by atoms with Gasteiger partial charge >= 0.3 is 0 Å². The fourth-order valence-electron chi connectivity index (χ4n) is 3.74. The summed E-state index contributed by atoms with van der Waals surface area (Å²) in [7, 11) is 4.57. The van der Waals surface area contributed by atoms with Crippen molar-refractivity contribution in [1.29, 1.82) is 0 Å². The van der Waals surface area contributed by atoms with Crippen molar-refractivity contribution in [2.45, 2.75) is 29.7 Å². The van der Waals surface area contributed by atoms with Crippen LogP contribution in [0, 0.1) is 5.82 Å². The van der Waals surface area contributed by atoms with Gasteiger partial charge in [0.05, 0.1) is 32.3 Å². The number of carbonyl (C=O) groups excluding carboxylic acids is 1. The quantitative estimate of drug-likeness (QED) is 0.559. The van der Waals surface area contributed by atoms with Gasteiger partial charge in [-0.1, -0.05) is 30.3 Å². The second kappa shape index (κ2) is 10.1. The number of rotatable bonds is 7. The molecule has 1 N–H and O–H groups in total. The molecule has 4 rings (SSSR count). The van der Waals surface area contributed by atoms with Crippen LogP contribution in [0.4, 0.5) is 4.39 Å². The summed E-state index contributed by atoms with van der Waals surface area (Å²) in [6.07, 6.45) is 2.56. The van der Waals surface area contributed by atoms with Crippen LogP contribution in [0.2, 0.25) is 0 Å². The number of hydrogen-bond donors (Lipinski definition) is 1. The van der Waals surface area contributed by atoms with Crippen molar-refractivity contribution in [2.24, 2.45) is 0 Å². The van der Waals surface area contributed by atoms with Crippen molar-refractivity contribution < 1.29 is 23.4 Å². The van der Waals surface area contributed by atoms with Crippen LogP contribution in [0.25, 0.3) is 17.1 Å². The molecule has 0 radical (unpaired) electrons. The Balaban J connectivity index is 1.86. The van der Waals surface area contributed by atoms with E-state index in [1.165, 1.54) is 39.2 Å². The van der Waals surface area contributed by atoms with Crippen molar-refractivity contribution in [2.75, 3.05) is 27.9 Å². The largest absolute Gasteiger partial charge is 0.493 e. The molecule has 1 amide bonds. The first kappa shape index (κ1) is 22.9. The van der Waals surface area contributed by atoms with Crippen LogP contribution in [0.5, 0.6) is 17.2 Å². The van der Waals surface area contributed by atoms with Crippen LogP contribution >= 0.6 is 11.8 Å². The Bertz CT molecular complexity index is 1130. The van der Waals surface area contributed by atoms with Crippen molar-refractivity contribution in [1.82, 2.24) is 20.1 Å². The van der Waals surface area contributed by atoms with Gasteiger partial charge in [-0.3, -0.25) is 9.36 Å². The van der Waals surface area contributed by atoms with E-state index in [1.807, 2.05) is 0 Å². The summed E-state index contributed by atoms with van der Waals surface area (Å²) in [4.78, 5) is 12.5. The standard InChI is InChI=1S/C23H25FN4O4S/c1-30-17-12-14(13-18(31-2)20(17)32-3)21-26-27-23(28(21)16-9-5-4-8-15(16)24)33-19-10-6-7-11-25-22(19)29/h4-5,8-9,12-13,19H,6-7,10-11H2,1-3H3,(H,25,29). The maximum absolute atomic E-state index is 14.9. The minimum atomic E-state index is -0.432. The molecule has 1 fully saturated rings. The molecular weight excluding hydrogens is 447 g/mol. The Labute approximate surface area is 195 Å². The van der Waals surface area contributed by atoms with Crippen LogP contribution in [0.3, 0.4) is 0 Å². The van der Waals surface area contributed by atoms with Crippen LogP contribution in [-0.2, 0) is 4.79 Å². The summed E-state index contributed by atoms with van der Waals surface area (Å²) in [5, 5.41) is 11.7. The lowest BCUT2D eigenvalue weighted by Crippen LogP contribution is -2.30. The zero-order chi connectivity index (χ0) is 23.4. The number of hydrogen-bond acceptors (Lipinski definition) is 7. The van der Waals surface area contributed by atoms with E-state index in [-0.39, 0.29) is 16.8 Å². The molecule has 0 bridgehead atoms. The summed E-state index contributed by atoms with van der Waals surface area (Å²) in [6, 6.07) is 9.85. The third-order valence-corrected chi connectivity index (χ3v) is 6.59. The molecular formula is C23H25FN4O4S. The molecule has 1 aromatic heterocycles. The monoisotopic (exact) mass is 472 g/mol. The van der Waals surface area contributed by atoms with Gasteiger partial charge in [0.1, 0.15) is 5.82 Å². The first-order valence-corrected chi connectivity index (χ1v) is 11.4. The Morgan fingerprint density at radius 2 is 1.79 bits per heavy atom. The van der Waals surface area contributed by atoms with E-state index >= 15 is 0 Å². The van der Waals surface area contributed by atoms with Crippen LogP contribution in [-0.4, -0.2) is 53.8 Å². The number of aromatic nitrogens is 3. The first-order valence-electron chi connectivity index (χ1n) is 10.5. The lowest BCUT2D eigenvalue weighted by atomic mass is 10.1. The third-order valence-electron chi connectivity index (χ3n) is 5.38. The molecule has 33 heavy (non-hydrogen) atoms. The molecule has 8 nitrogen and oxygen atoms in total. The first-order chi connectivity index (χ1) is 16.1. The molecule has 1 aliphatic heterocycles. The number of nitrogens with zero attached hydrogens (tertiary/aromatic N) is 3. The highest BCUT2D eigenvalue weighted by molar-refractivity contribution is 8.00. The Morgan fingerprint density at radius 3 is 2.45 bits per heavy atom. The Morgan fingerprint density at radius 1 is 1.06 bits per heavy atom. The lowest BCUT2D eigenvalue weighted by molar-refractivity contribution is -0.120. The van der Waals surface area contributed by atoms with Crippen molar-refractivity contribution >= 4 is 17.7 Å². The zero-order valence-electron chi connectivity index (χ0n) is 18.6. The molecule has 0 spiro atoms. The number of halogens is 1. The number of thioether (sulfide) groups is 1. The van der Waals surface area contributed by atoms with Gasteiger partial charge in [0.2, 0.25) is 11.7 Å². The molecule has 2 aromatic carbocycles. The normalized spacial score (nSPS) is 16.1. The topological polar surface area (TPSA) is 87.5 Å². The molecule has 1 unspecified atom stereocenters. The summed E-state index contributed by atoms with van der Waals surface area (Å²) in [5.41, 5.74) is 0.875. The maximum atomic E-state index is 14.9. The summed E-state index contributed by atoms with van der Waals surface area (Å²) >= 11 is 1.28. The van der Waals surface area contributed by atoms with Gasteiger partial charge in [0.15, 0.2) is 22.5 Å². The SMILES string of the molecule is COc1cc(-c2nnc(SC3CCCCNC3=O)n2-c2ccccc2F)cc(OC)c1OC. The van der Waals surface area contributed by atoms with E-state index in [1.54, 1.807) is 34.9 Å². The number of methoxy groups -OCH3 is 3. The van der Waals surface area contributed by atoms with Crippen molar-refractivity contribution in [3.63, 3.8) is 0 Å². The van der Waals surface area contributed by atoms with Gasteiger partial charge < -0.3 is 19.5 Å². The van der Waals surface area contributed by atoms with Gasteiger partial charge in [-0.25, -0.2) is 4.39 Å². The summed E-state index contributed by atoms with van der Waals surface area (Å²) in [6.45, 7) is 0.659. The molecule has 2 heterocycles. The van der Waals surface area contributed by atoms with Crippen molar-refractivity contribution in [3.05, 3.63) is 42.2 Å². The number of ether oxygens (including phenoxy) is 3. The number of para-hydroxylation sites is 1. The van der Waals surface area contributed by atoms with E-state index in [4.69, 9.17) is 14.2 Å². The van der Waals surface area contributed by atoms with Gasteiger partial charge in [0, 0.05) is 12.1 Å². The van der Waals surface area contributed by atoms with E-state index in [2.05, 4.69) is 15.5 Å². The highest BCUT2D eigenvalue weighted by Gasteiger charge is 2.27. The average Bonchev–Trinajstić information content (AvgIpc) is 3.14. The minimum Gasteiger partial charge on any atom is -0.493 e. The smallest absolute Gasteiger partial charge is 0.233 e. The fraction of sp³-hybridized carbons (Fsp3) is 0.348. The van der Waals surface area contributed by atoms with Crippen LogP contribution in [0.1, 0.15) is 19.3 Å². The molecule has 1 saturated heterocycles. The Kier molecular flexibility index (Phi) is 7.02. The van der Waals surface area contributed by atoms with Gasteiger partial charge in [-0.2, -0.15) is 0 Å². The number of benzene rings is 2. The summed E-state index contributed by atoms with van der Waals surface area (Å²) < 4.78 is 32.9. The number of carbonyl (C=O) groups is 1. The summed E-state index contributed by atoms with van der Waals surface area (Å²) in [5.74, 6) is 1.22. The second-order valence-electron chi connectivity index (χ2n) is 7.40. The van der Waals surface area contributed by atoms with Gasteiger partial charge in [-0.15, -0.1) is 10.2 Å². The second-order valence-corrected chi connectivity index (χ2v) is 8.57. The molecule has 1 aliphatic rings. The number of nitrogens with one attached hydrogen (secondary N) is 1. The third kappa shape index (κ3) is 4.61. The predicted molar refractivity (Wildman–Crippen MR) is 123 cm³/mol.